The van der Waals surface area contributed by atoms with Crippen LogP contribution in [0.3, 0.4) is 0 Å². The summed E-state index contributed by atoms with van der Waals surface area (Å²) in [4.78, 5) is 2.26. The van der Waals surface area contributed by atoms with Crippen LogP contribution in [0.2, 0.25) is 5.02 Å². The van der Waals surface area contributed by atoms with Crippen molar-refractivity contribution in [3.63, 3.8) is 0 Å². The van der Waals surface area contributed by atoms with Crippen molar-refractivity contribution in [2.75, 3.05) is 17.7 Å². The third kappa shape index (κ3) is 2.62. The topological polar surface area (TPSA) is 29.3 Å². The monoisotopic (exact) mass is 240 g/mol. The van der Waals surface area contributed by atoms with Crippen molar-refractivity contribution < 1.29 is 0 Å². The van der Waals surface area contributed by atoms with Crippen molar-refractivity contribution >= 4 is 23.0 Å². The second kappa shape index (κ2) is 4.96. The van der Waals surface area contributed by atoms with Gasteiger partial charge >= 0.3 is 0 Å². The van der Waals surface area contributed by atoms with Crippen molar-refractivity contribution in [1.82, 2.24) is 0 Å². The molecule has 0 radical (unpaired) electrons. The molecule has 0 aromatic heterocycles. The number of nitrogen functional groups attached to an aromatic ring is 1. The van der Waals surface area contributed by atoms with Gasteiger partial charge in [-0.1, -0.05) is 25.4 Å². The minimum atomic E-state index is 0.471. The number of benzene rings is 1. The van der Waals surface area contributed by atoms with Gasteiger partial charge < -0.3 is 10.6 Å². The smallest absolute Gasteiger partial charge is 0.0656 e. The Morgan fingerprint density at radius 1 is 1.25 bits per heavy atom. The average molecular weight is 241 g/mol. The molecule has 0 bridgehead atoms. The Labute approximate surface area is 103 Å². The standard InChI is InChI=1S/C13H21ClN2/c1-8(2)10(4)16(5)13-7-11(14)12(15)6-9(13)3/h6-8,10H,15H2,1-5H3. The lowest BCUT2D eigenvalue weighted by atomic mass is 10.0. The van der Waals surface area contributed by atoms with Crippen LogP contribution in [0.1, 0.15) is 26.3 Å². The van der Waals surface area contributed by atoms with Crippen LogP contribution in [-0.4, -0.2) is 13.1 Å². The molecule has 1 rings (SSSR count). The van der Waals surface area contributed by atoms with Crippen LogP contribution in [0.25, 0.3) is 0 Å². The second-order valence-electron chi connectivity index (χ2n) is 4.76. The summed E-state index contributed by atoms with van der Waals surface area (Å²) >= 11 is 6.06. The van der Waals surface area contributed by atoms with Crippen molar-refractivity contribution in [3.8, 4) is 0 Å². The van der Waals surface area contributed by atoms with E-state index in [0.29, 0.717) is 22.7 Å². The summed E-state index contributed by atoms with van der Waals surface area (Å²) in [5.41, 5.74) is 8.74. The zero-order valence-electron chi connectivity index (χ0n) is 10.7. The quantitative estimate of drug-likeness (QED) is 0.817. The van der Waals surface area contributed by atoms with Gasteiger partial charge in [0.15, 0.2) is 0 Å². The number of halogens is 1. The molecule has 0 heterocycles. The van der Waals surface area contributed by atoms with Crippen molar-refractivity contribution in [3.05, 3.63) is 22.7 Å². The van der Waals surface area contributed by atoms with E-state index in [1.54, 1.807) is 0 Å². The molecule has 0 spiro atoms. The fraction of sp³-hybridized carbons (Fsp3) is 0.538. The van der Waals surface area contributed by atoms with E-state index in [1.165, 1.54) is 0 Å². The maximum atomic E-state index is 6.06. The number of anilines is 2. The summed E-state index contributed by atoms with van der Waals surface area (Å²) in [6.07, 6.45) is 0. The minimum Gasteiger partial charge on any atom is -0.398 e. The van der Waals surface area contributed by atoms with E-state index in [4.69, 9.17) is 17.3 Å². The van der Waals surface area contributed by atoms with Crippen LogP contribution in [0.4, 0.5) is 11.4 Å². The van der Waals surface area contributed by atoms with E-state index in [9.17, 15) is 0 Å². The summed E-state index contributed by atoms with van der Waals surface area (Å²) < 4.78 is 0. The summed E-state index contributed by atoms with van der Waals surface area (Å²) in [7, 11) is 2.10. The lowest BCUT2D eigenvalue weighted by molar-refractivity contribution is 0.505. The lowest BCUT2D eigenvalue weighted by Crippen LogP contribution is -2.33. The molecule has 1 aromatic carbocycles. The molecular weight excluding hydrogens is 220 g/mol. The first-order chi connectivity index (χ1) is 7.34. The number of aryl methyl sites for hydroxylation is 1. The molecule has 0 fully saturated rings. The van der Waals surface area contributed by atoms with E-state index in [2.05, 4.69) is 39.6 Å². The Morgan fingerprint density at radius 2 is 1.81 bits per heavy atom. The molecule has 0 aliphatic heterocycles. The molecule has 0 aliphatic carbocycles. The largest absolute Gasteiger partial charge is 0.398 e. The molecule has 0 amide bonds. The molecule has 2 nitrogen and oxygen atoms in total. The summed E-state index contributed by atoms with van der Waals surface area (Å²) in [5.74, 6) is 0.598. The van der Waals surface area contributed by atoms with Gasteiger partial charge in [0, 0.05) is 18.8 Å². The highest BCUT2D eigenvalue weighted by Gasteiger charge is 2.16. The molecular formula is C13H21ClN2. The Kier molecular flexibility index (Phi) is 4.09. The highest BCUT2D eigenvalue weighted by atomic mass is 35.5. The minimum absolute atomic E-state index is 0.471. The summed E-state index contributed by atoms with van der Waals surface area (Å²) in [6.45, 7) is 8.71. The first-order valence-electron chi connectivity index (χ1n) is 5.63. The SMILES string of the molecule is Cc1cc(N)c(Cl)cc1N(C)C(C)C(C)C. The van der Waals surface area contributed by atoms with Crippen LogP contribution in [0.5, 0.6) is 0 Å². The van der Waals surface area contributed by atoms with Crippen LogP contribution in [0, 0.1) is 12.8 Å². The van der Waals surface area contributed by atoms with Gasteiger partial charge in [-0.3, -0.25) is 0 Å². The molecule has 0 saturated heterocycles. The van der Waals surface area contributed by atoms with Crippen molar-refractivity contribution in [2.45, 2.75) is 33.7 Å². The van der Waals surface area contributed by atoms with E-state index in [1.807, 2.05) is 12.1 Å². The van der Waals surface area contributed by atoms with Crippen LogP contribution in [-0.2, 0) is 0 Å². The zero-order chi connectivity index (χ0) is 12.5. The maximum Gasteiger partial charge on any atom is 0.0656 e. The Morgan fingerprint density at radius 3 is 2.31 bits per heavy atom. The highest BCUT2D eigenvalue weighted by Crippen LogP contribution is 2.30. The Bertz CT molecular complexity index is 374. The molecule has 1 aromatic rings. The fourth-order valence-corrected chi connectivity index (χ4v) is 1.90. The molecule has 0 saturated carbocycles. The number of rotatable bonds is 3. The third-order valence-electron chi connectivity index (χ3n) is 3.27. The molecule has 90 valence electrons. The van der Waals surface area contributed by atoms with Crippen molar-refractivity contribution in [1.29, 1.82) is 0 Å². The van der Waals surface area contributed by atoms with E-state index < -0.39 is 0 Å². The Balaban J connectivity index is 3.08. The number of nitrogens with two attached hydrogens (primary N) is 1. The van der Waals surface area contributed by atoms with Gasteiger partial charge in [-0.05, 0) is 37.5 Å². The molecule has 2 N–H and O–H groups in total. The average Bonchev–Trinajstić information content (AvgIpc) is 2.21. The van der Waals surface area contributed by atoms with Crippen LogP contribution in [0.15, 0.2) is 12.1 Å². The van der Waals surface area contributed by atoms with Gasteiger partial charge in [-0.2, -0.15) is 0 Å². The van der Waals surface area contributed by atoms with Gasteiger partial charge in [0.2, 0.25) is 0 Å². The Hall–Kier alpha value is -0.890. The predicted octanol–water partition coefficient (Wildman–Crippen LogP) is 3.71. The van der Waals surface area contributed by atoms with Gasteiger partial charge in [0.05, 0.1) is 10.7 Å². The third-order valence-corrected chi connectivity index (χ3v) is 3.60. The predicted molar refractivity (Wildman–Crippen MR) is 73.3 cm³/mol. The van der Waals surface area contributed by atoms with E-state index in [-0.39, 0.29) is 0 Å². The molecule has 1 atom stereocenters. The van der Waals surface area contributed by atoms with Gasteiger partial charge in [-0.15, -0.1) is 0 Å². The molecule has 0 aliphatic rings. The van der Waals surface area contributed by atoms with Crippen molar-refractivity contribution in [2.24, 2.45) is 5.92 Å². The molecule has 16 heavy (non-hydrogen) atoms. The van der Waals surface area contributed by atoms with Gasteiger partial charge in [0.25, 0.3) is 0 Å². The maximum absolute atomic E-state index is 6.06. The van der Waals surface area contributed by atoms with E-state index >= 15 is 0 Å². The van der Waals surface area contributed by atoms with Crippen LogP contribution >= 0.6 is 11.6 Å². The number of hydrogen-bond donors (Lipinski definition) is 1. The zero-order valence-corrected chi connectivity index (χ0v) is 11.5. The number of nitrogens with zero attached hydrogens (tertiary/aromatic N) is 1. The van der Waals surface area contributed by atoms with Crippen LogP contribution < -0.4 is 10.6 Å². The fourth-order valence-electron chi connectivity index (χ4n) is 1.74. The van der Waals surface area contributed by atoms with E-state index in [0.717, 1.165) is 11.3 Å². The van der Waals surface area contributed by atoms with Gasteiger partial charge in [-0.25, -0.2) is 0 Å². The first kappa shape index (κ1) is 13.2. The molecule has 3 heteroatoms. The first-order valence-corrected chi connectivity index (χ1v) is 6.00. The summed E-state index contributed by atoms with van der Waals surface area (Å²) in [5, 5.41) is 0.628. The van der Waals surface area contributed by atoms with Gasteiger partial charge in [0.1, 0.15) is 0 Å². The highest BCUT2D eigenvalue weighted by molar-refractivity contribution is 6.33. The lowest BCUT2D eigenvalue weighted by Gasteiger charge is -2.31. The molecule has 1 unspecified atom stereocenters. The second-order valence-corrected chi connectivity index (χ2v) is 5.16. The normalized spacial score (nSPS) is 12.9. The summed E-state index contributed by atoms with van der Waals surface area (Å²) in [6, 6.07) is 4.35. The number of hydrogen-bond acceptors (Lipinski definition) is 2.